The van der Waals surface area contributed by atoms with Crippen molar-refractivity contribution < 1.29 is 0 Å². The van der Waals surface area contributed by atoms with E-state index in [1.54, 1.807) is 0 Å². The first-order chi connectivity index (χ1) is 6.34. The molecule has 13 heavy (non-hydrogen) atoms. The van der Waals surface area contributed by atoms with Gasteiger partial charge in [0.1, 0.15) is 0 Å². The number of nitrogens with one attached hydrogen (secondary N) is 1. The van der Waals surface area contributed by atoms with Gasteiger partial charge in [-0.25, -0.2) is 0 Å². The van der Waals surface area contributed by atoms with Gasteiger partial charge in [-0.05, 0) is 45.1 Å². The van der Waals surface area contributed by atoms with Gasteiger partial charge < -0.3 is 5.32 Å². The minimum atomic E-state index is 0.729. The predicted octanol–water partition coefficient (Wildman–Crippen LogP) is 3.12. The molecule has 76 valence electrons. The number of hydrogen-bond donors (Lipinski definition) is 1. The Balaban J connectivity index is 2.02. The zero-order valence-electron chi connectivity index (χ0n) is 8.89. The Morgan fingerprint density at radius 1 is 1.46 bits per heavy atom. The van der Waals surface area contributed by atoms with Crippen LogP contribution in [0.2, 0.25) is 0 Å². The molecule has 1 atom stereocenters. The van der Waals surface area contributed by atoms with Gasteiger partial charge in [0.25, 0.3) is 0 Å². The molecular formula is C12H23N. The van der Waals surface area contributed by atoms with Crippen molar-refractivity contribution in [3.63, 3.8) is 0 Å². The van der Waals surface area contributed by atoms with Gasteiger partial charge in [0.05, 0.1) is 0 Å². The summed E-state index contributed by atoms with van der Waals surface area (Å²) in [6.45, 7) is 7.22. The fourth-order valence-electron chi connectivity index (χ4n) is 2.20. The Morgan fingerprint density at radius 2 is 2.15 bits per heavy atom. The summed E-state index contributed by atoms with van der Waals surface area (Å²) in [5.41, 5.74) is 0. The van der Waals surface area contributed by atoms with Crippen LogP contribution in [-0.2, 0) is 0 Å². The molecule has 0 saturated heterocycles. The van der Waals surface area contributed by atoms with Crippen LogP contribution in [-0.4, -0.2) is 12.6 Å². The predicted molar refractivity (Wildman–Crippen MR) is 58.9 cm³/mol. The van der Waals surface area contributed by atoms with E-state index < -0.39 is 0 Å². The van der Waals surface area contributed by atoms with E-state index in [1.807, 2.05) is 6.08 Å². The van der Waals surface area contributed by atoms with Crippen LogP contribution >= 0.6 is 0 Å². The third kappa shape index (κ3) is 3.95. The molecule has 0 spiro atoms. The lowest BCUT2D eigenvalue weighted by molar-refractivity contribution is 0.381. The molecule has 0 heterocycles. The van der Waals surface area contributed by atoms with Gasteiger partial charge in [-0.1, -0.05) is 18.9 Å². The summed E-state index contributed by atoms with van der Waals surface area (Å²) in [6.07, 6.45) is 10.2. The quantitative estimate of drug-likeness (QED) is 0.490. The number of allylic oxidation sites excluding steroid dienone is 1. The number of hydrogen-bond acceptors (Lipinski definition) is 1. The van der Waals surface area contributed by atoms with E-state index in [9.17, 15) is 0 Å². The maximum Gasteiger partial charge on any atom is 0.00669 e. The summed E-state index contributed by atoms with van der Waals surface area (Å²) in [5, 5.41) is 3.61. The van der Waals surface area contributed by atoms with E-state index in [0.717, 1.165) is 24.9 Å². The van der Waals surface area contributed by atoms with Crippen LogP contribution in [0.25, 0.3) is 0 Å². The van der Waals surface area contributed by atoms with Crippen LogP contribution in [0, 0.1) is 5.92 Å². The molecule has 1 nitrogen and oxygen atoms in total. The first kappa shape index (κ1) is 10.8. The molecule has 0 radical (unpaired) electrons. The summed E-state index contributed by atoms with van der Waals surface area (Å²) < 4.78 is 0. The number of unbranched alkanes of at least 4 members (excludes halogenated alkanes) is 1. The topological polar surface area (TPSA) is 12.0 Å². The monoisotopic (exact) mass is 181 g/mol. The van der Waals surface area contributed by atoms with E-state index in [4.69, 9.17) is 0 Å². The highest BCUT2D eigenvalue weighted by Crippen LogP contribution is 2.27. The summed E-state index contributed by atoms with van der Waals surface area (Å²) in [5.74, 6) is 0.948. The maximum atomic E-state index is 3.73. The van der Waals surface area contributed by atoms with Gasteiger partial charge in [-0.15, -0.1) is 6.58 Å². The van der Waals surface area contributed by atoms with Crippen molar-refractivity contribution in [2.24, 2.45) is 5.92 Å². The lowest BCUT2D eigenvalue weighted by Gasteiger charge is -2.20. The van der Waals surface area contributed by atoms with Crippen LogP contribution in [0.1, 0.15) is 45.4 Å². The van der Waals surface area contributed by atoms with Crippen LogP contribution in [0.3, 0.4) is 0 Å². The molecule has 1 aliphatic carbocycles. The van der Waals surface area contributed by atoms with Gasteiger partial charge in [-0.2, -0.15) is 0 Å². The van der Waals surface area contributed by atoms with E-state index in [1.165, 1.54) is 32.1 Å². The fraction of sp³-hybridized carbons (Fsp3) is 0.833. The number of rotatable bonds is 6. The van der Waals surface area contributed by atoms with Crippen LogP contribution in [0.15, 0.2) is 12.7 Å². The third-order valence-electron chi connectivity index (χ3n) is 3.16. The van der Waals surface area contributed by atoms with E-state index in [2.05, 4.69) is 18.8 Å². The molecule has 1 heteroatoms. The van der Waals surface area contributed by atoms with Crippen LogP contribution < -0.4 is 5.32 Å². The second-order valence-electron chi connectivity index (χ2n) is 4.22. The second kappa shape index (κ2) is 6.20. The van der Waals surface area contributed by atoms with Crippen molar-refractivity contribution in [2.45, 2.75) is 51.5 Å². The lowest BCUT2D eigenvalue weighted by atomic mass is 10.00. The fourth-order valence-corrected chi connectivity index (χ4v) is 2.20. The maximum absolute atomic E-state index is 3.73. The van der Waals surface area contributed by atoms with Crippen molar-refractivity contribution >= 4 is 0 Å². The highest BCUT2D eigenvalue weighted by Gasteiger charge is 2.20. The summed E-state index contributed by atoms with van der Waals surface area (Å²) in [6, 6.07) is 0.729. The van der Waals surface area contributed by atoms with E-state index in [0.29, 0.717) is 0 Å². The van der Waals surface area contributed by atoms with Crippen LogP contribution in [0.4, 0.5) is 0 Å². The first-order valence-corrected chi connectivity index (χ1v) is 5.69. The smallest absolute Gasteiger partial charge is 0.00669 e. The molecule has 1 fully saturated rings. The molecule has 1 N–H and O–H groups in total. The first-order valence-electron chi connectivity index (χ1n) is 5.69. The Kier molecular flexibility index (Phi) is 5.14. The van der Waals surface area contributed by atoms with Crippen molar-refractivity contribution in [3.05, 3.63) is 12.7 Å². The zero-order chi connectivity index (χ0) is 9.52. The minimum Gasteiger partial charge on any atom is -0.314 e. The average Bonchev–Trinajstić information content (AvgIpc) is 2.65. The van der Waals surface area contributed by atoms with Gasteiger partial charge in [-0.3, -0.25) is 0 Å². The molecule has 0 aromatic carbocycles. The Labute approximate surface area is 82.6 Å². The molecule has 0 aromatic rings. The zero-order valence-corrected chi connectivity index (χ0v) is 8.89. The van der Waals surface area contributed by atoms with Crippen LogP contribution in [0.5, 0.6) is 0 Å². The van der Waals surface area contributed by atoms with Crippen molar-refractivity contribution in [2.75, 3.05) is 6.54 Å². The van der Waals surface area contributed by atoms with E-state index in [-0.39, 0.29) is 0 Å². The normalized spacial score (nSPS) is 20.4. The second-order valence-corrected chi connectivity index (χ2v) is 4.22. The largest absolute Gasteiger partial charge is 0.314 e. The lowest BCUT2D eigenvalue weighted by Crippen LogP contribution is -2.32. The van der Waals surface area contributed by atoms with Crippen molar-refractivity contribution in [3.8, 4) is 0 Å². The highest BCUT2D eigenvalue weighted by atomic mass is 14.9. The van der Waals surface area contributed by atoms with Crippen molar-refractivity contribution in [1.82, 2.24) is 5.32 Å². The third-order valence-corrected chi connectivity index (χ3v) is 3.16. The SMILES string of the molecule is C=CCCCNC(C)C1CCCC1. The average molecular weight is 181 g/mol. The molecule has 1 aliphatic rings. The molecule has 0 aromatic heterocycles. The molecule has 0 amide bonds. The van der Waals surface area contributed by atoms with Gasteiger partial charge in [0.15, 0.2) is 0 Å². The Hall–Kier alpha value is -0.300. The standard InChI is InChI=1S/C12H23N/c1-3-4-7-10-13-11(2)12-8-5-6-9-12/h3,11-13H,1,4-10H2,2H3. The molecular weight excluding hydrogens is 158 g/mol. The molecule has 0 aliphatic heterocycles. The summed E-state index contributed by atoms with van der Waals surface area (Å²) in [7, 11) is 0. The summed E-state index contributed by atoms with van der Waals surface area (Å²) in [4.78, 5) is 0. The van der Waals surface area contributed by atoms with Gasteiger partial charge in [0.2, 0.25) is 0 Å². The van der Waals surface area contributed by atoms with Gasteiger partial charge in [0, 0.05) is 6.04 Å². The molecule has 1 rings (SSSR count). The van der Waals surface area contributed by atoms with Gasteiger partial charge >= 0.3 is 0 Å². The Bertz CT molecular complexity index is 136. The molecule has 1 saturated carbocycles. The van der Waals surface area contributed by atoms with E-state index >= 15 is 0 Å². The minimum absolute atomic E-state index is 0.729. The molecule has 0 bridgehead atoms. The molecule has 1 unspecified atom stereocenters. The summed E-state index contributed by atoms with van der Waals surface area (Å²) >= 11 is 0. The van der Waals surface area contributed by atoms with Crippen molar-refractivity contribution in [1.29, 1.82) is 0 Å². The Morgan fingerprint density at radius 3 is 2.77 bits per heavy atom. The highest BCUT2D eigenvalue weighted by molar-refractivity contribution is 4.77.